The smallest absolute Gasteiger partial charge is 0.295 e. The number of likely N-dealkylation sites (N-methyl/N-ethyl adjacent to an activating group) is 1. The van der Waals surface area contributed by atoms with Gasteiger partial charge in [-0.15, -0.1) is 0 Å². The number of aromatic nitrogens is 1. The first kappa shape index (κ1) is 21.3. The highest BCUT2D eigenvalue weighted by molar-refractivity contribution is 6.46. The molecular formula is C22H25N3O5. The van der Waals surface area contributed by atoms with Crippen LogP contribution in [0.25, 0.3) is 5.76 Å². The largest absolute Gasteiger partial charge is 0.507 e. The molecule has 1 saturated heterocycles. The van der Waals surface area contributed by atoms with Gasteiger partial charge in [-0.25, -0.2) is 0 Å². The summed E-state index contributed by atoms with van der Waals surface area (Å²) in [6, 6.07) is 7.01. The van der Waals surface area contributed by atoms with Gasteiger partial charge in [0.05, 0.1) is 18.2 Å². The number of rotatable bonds is 7. The van der Waals surface area contributed by atoms with Crippen LogP contribution in [0, 0.1) is 0 Å². The maximum Gasteiger partial charge on any atom is 0.295 e. The van der Waals surface area contributed by atoms with Crippen LogP contribution < -0.4 is 4.74 Å². The number of aromatic hydroxyl groups is 1. The van der Waals surface area contributed by atoms with Crippen molar-refractivity contribution in [1.82, 2.24) is 14.8 Å². The summed E-state index contributed by atoms with van der Waals surface area (Å²) in [5.41, 5.74) is 0.951. The van der Waals surface area contributed by atoms with Crippen LogP contribution in [-0.4, -0.2) is 70.5 Å². The Bertz CT molecular complexity index is 972. The fourth-order valence-corrected chi connectivity index (χ4v) is 3.40. The first-order valence-electron chi connectivity index (χ1n) is 9.64. The fourth-order valence-electron chi connectivity index (χ4n) is 3.40. The van der Waals surface area contributed by atoms with Gasteiger partial charge in [-0.2, -0.15) is 0 Å². The molecule has 0 saturated carbocycles. The molecule has 8 nitrogen and oxygen atoms in total. The minimum atomic E-state index is -0.807. The minimum Gasteiger partial charge on any atom is -0.507 e. The third-order valence-electron chi connectivity index (χ3n) is 4.88. The highest BCUT2D eigenvalue weighted by Crippen LogP contribution is 2.41. The van der Waals surface area contributed by atoms with Crippen LogP contribution in [0.2, 0.25) is 0 Å². The van der Waals surface area contributed by atoms with Gasteiger partial charge in [0.25, 0.3) is 11.7 Å². The number of aliphatic hydroxyl groups excluding tert-OH is 1. The van der Waals surface area contributed by atoms with E-state index in [0.717, 1.165) is 0 Å². The van der Waals surface area contributed by atoms with Crippen LogP contribution in [0.3, 0.4) is 0 Å². The molecule has 0 aliphatic carbocycles. The van der Waals surface area contributed by atoms with Crippen molar-refractivity contribution in [3.8, 4) is 11.5 Å². The number of hydrogen-bond donors (Lipinski definition) is 2. The van der Waals surface area contributed by atoms with Gasteiger partial charge in [0.1, 0.15) is 5.76 Å². The Morgan fingerprint density at radius 2 is 1.90 bits per heavy atom. The molecule has 1 unspecified atom stereocenters. The molecule has 30 heavy (non-hydrogen) atoms. The van der Waals surface area contributed by atoms with Gasteiger partial charge in [0.15, 0.2) is 11.5 Å². The number of hydrogen-bond acceptors (Lipinski definition) is 7. The lowest BCUT2D eigenvalue weighted by Gasteiger charge is -2.27. The Morgan fingerprint density at radius 3 is 2.53 bits per heavy atom. The molecule has 1 amide bonds. The number of ether oxygens (including phenoxy) is 1. The summed E-state index contributed by atoms with van der Waals surface area (Å²) in [7, 11) is 3.74. The molecule has 1 aliphatic heterocycles. The van der Waals surface area contributed by atoms with E-state index in [1.807, 2.05) is 19.0 Å². The topological polar surface area (TPSA) is 103 Å². The molecule has 1 fully saturated rings. The van der Waals surface area contributed by atoms with Gasteiger partial charge in [0.2, 0.25) is 0 Å². The van der Waals surface area contributed by atoms with Gasteiger partial charge in [-0.05, 0) is 50.8 Å². The van der Waals surface area contributed by atoms with Gasteiger partial charge in [-0.1, -0.05) is 6.07 Å². The number of aliphatic hydroxyl groups is 1. The Labute approximate surface area is 175 Å². The van der Waals surface area contributed by atoms with Crippen LogP contribution in [0.5, 0.6) is 11.5 Å². The molecule has 158 valence electrons. The molecule has 2 heterocycles. The van der Waals surface area contributed by atoms with Gasteiger partial charge in [-0.3, -0.25) is 14.6 Å². The van der Waals surface area contributed by atoms with E-state index in [9.17, 15) is 19.8 Å². The average molecular weight is 411 g/mol. The molecule has 1 aliphatic rings. The second kappa shape index (κ2) is 8.96. The van der Waals surface area contributed by atoms with Crippen LogP contribution in [0.1, 0.15) is 24.1 Å². The first-order chi connectivity index (χ1) is 14.3. The third kappa shape index (κ3) is 4.13. The van der Waals surface area contributed by atoms with Crippen LogP contribution in [0.4, 0.5) is 0 Å². The standard InChI is InChI=1S/C22H25N3O5/c1-4-30-17-13-15(5-6-16(17)26)19-18(20(27)14-7-9-23-10-8-14)21(28)22(29)25(19)12-11-24(2)3/h5-10,13,19,26-27H,4,11-12H2,1-3H3/b20-18+. The maximum atomic E-state index is 12.9. The SMILES string of the molecule is CCOc1cc(C2/C(=C(\O)c3ccncc3)C(=O)C(=O)N2CCN(C)C)ccc1O. The second-order valence-electron chi connectivity index (χ2n) is 7.19. The zero-order valence-corrected chi connectivity index (χ0v) is 17.2. The van der Waals surface area contributed by atoms with Crippen LogP contribution in [0.15, 0.2) is 48.3 Å². The minimum absolute atomic E-state index is 0.00176. The van der Waals surface area contributed by atoms with Gasteiger partial charge in [0, 0.05) is 31.0 Å². The van der Waals surface area contributed by atoms with Crippen molar-refractivity contribution in [2.24, 2.45) is 0 Å². The van der Waals surface area contributed by atoms with E-state index in [0.29, 0.717) is 30.8 Å². The van der Waals surface area contributed by atoms with Crippen molar-refractivity contribution < 1.29 is 24.5 Å². The highest BCUT2D eigenvalue weighted by atomic mass is 16.5. The summed E-state index contributed by atoms with van der Waals surface area (Å²) < 4.78 is 5.47. The van der Waals surface area contributed by atoms with E-state index in [1.165, 1.54) is 23.4 Å². The summed E-state index contributed by atoms with van der Waals surface area (Å²) in [6.45, 7) is 2.96. The Balaban J connectivity index is 2.16. The highest BCUT2D eigenvalue weighted by Gasteiger charge is 2.46. The summed E-state index contributed by atoms with van der Waals surface area (Å²) in [4.78, 5) is 33.0. The summed E-state index contributed by atoms with van der Waals surface area (Å²) in [6.07, 6.45) is 3.00. The maximum absolute atomic E-state index is 12.9. The lowest BCUT2D eigenvalue weighted by molar-refractivity contribution is -0.140. The third-order valence-corrected chi connectivity index (χ3v) is 4.88. The molecule has 0 radical (unpaired) electrons. The molecule has 8 heteroatoms. The number of phenolic OH excluding ortho intramolecular Hbond substituents is 1. The summed E-state index contributed by atoms with van der Waals surface area (Å²) in [5.74, 6) is -1.49. The predicted molar refractivity (Wildman–Crippen MR) is 111 cm³/mol. The van der Waals surface area contributed by atoms with E-state index in [-0.39, 0.29) is 22.8 Å². The zero-order chi connectivity index (χ0) is 21.8. The molecule has 1 atom stereocenters. The molecule has 3 rings (SSSR count). The van der Waals surface area contributed by atoms with E-state index in [4.69, 9.17) is 4.74 Å². The number of carbonyl (C=O) groups is 2. The first-order valence-corrected chi connectivity index (χ1v) is 9.64. The number of Topliss-reactive ketones (excluding diaryl/α,β-unsaturated/α-hetero) is 1. The Morgan fingerprint density at radius 1 is 1.20 bits per heavy atom. The van der Waals surface area contributed by atoms with Gasteiger partial charge >= 0.3 is 0 Å². The van der Waals surface area contributed by atoms with Crippen molar-refractivity contribution in [3.63, 3.8) is 0 Å². The quantitative estimate of drug-likeness (QED) is 0.409. The number of pyridine rings is 1. The Hall–Kier alpha value is -3.39. The number of likely N-dealkylation sites (tertiary alicyclic amines) is 1. The number of ketones is 1. The lowest BCUT2D eigenvalue weighted by atomic mass is 9.95. The Kier molecular flexibility index (Phi) is 6.37. The fraction of sp³-hybridized carbons (Fsp3) is 0.318. The van der Waals surface area contributed by atoms with Gasteiger partial charge < -0.3 is 24.7 Å². The normalized spacial score (nSPS) is 18.3. The van der Waals surface area contributed by atoms with Crippen LogP contribution >= 0.6 is 0 Å². The molecule has 1 aromatic heterocycles. The van der Waals surface area contributed by atoms with Crippen molar-refractivity contribution in [3.05, 3.63) is 59.4 Å². The van der Waals surface area contributed by atoms with E-state index >= 15 is 0 Å². The summed E-state index contributed by atoms with van der Waals surface area (Å²) >= 11 is 0. The average Bonchev–Trinajstić information content (AvgIpc) is 2.98. The molecular weight excluding hydrogens is 386 g/mol. The van der Waals surface area contributed by atoms with Crippen molar-refractivity contribution >= 4 is 17.4 Å². The second-order valence-corrected chi connectivity index (χ2v) is 7.19. The van der Waals surface area contributed by atoms with E-state index in [1.54, 1.807) is 31.2 Å². The number of benzene rings is 1. The van der Waals surface area contributed by atoms with Crippen molar-refractivity contribution in [2.75, 3.05) is 33.8 Å². The number of carbonyl (C=O) groups excluding carboxylic acids is 2. The summed E-state index contributed by atoms with van der Waals surface area (Å²) in [5, 5.41) is 21.0. The van der Waals surface area contributed by atoms with Crippen molar-refractivity contribution in [1.29, 1.82) is 0 Å². The van der Waals surface area contributed by atoms with Crippen molar-refractivity contribution in [2.45, 2.75) is 13.0 Å². The van der Waals surface area contributed by atoms with E-state index < -0.39 is 17.7 Å². The lowest BCUT2D eigenvalue weighted by Crippen LogP contribution is -2.35. The number of nitrogens with zero attached hydrogens (tertiary/aromatic N) is 3. The molecule has 0 spiro atoms. The monoisotopic (exact) mass is 411 g/mol. The number of phenols is 1. The van der Waals surface area contributed by atoms with Crippen LogP contribution in [-0.2, 0) is 9.59 Å². The predicted octanol–water partition coefficient (Wildman–Crippen LogP) is 2.17. The molecule has 0 bridgehead atoms. The molecule has 1 aromatic carbocycles. The molecule has 2 aromatic rings. The number of amides is 1. The van der Waals surface area contributed by atoms with E-state index in [2.05, 4.69) is 4.98 Å². The molecule has 2 N–H and O–H groups in total. The zero-order valence-electron chi connectivity index (χ0n) is 17.2.